The predicted octanol–water partition coefficient (Wildman–Crippen LogP) is 5.70. The van der Waals surface area contributed by atoms with Gasteiger partial charge >= 0.3 is 0 Å². The lowest BCUT2D eigenvalue weighted by Gasteiger charge is -2.18. The fourth-order valence-corrected chi connectivity index (χ4v) is 4.09. The van der Waals surface area contributed by atoms with E-state index in [9.17, 15) is 4.79 Å². The zero-order valence-electron chi connectivity index (χ0n) is 18.7. The van der Waals surface area contributed by atoms with Crippen LogP contribution in [0.2, 0.25) is 0 Å². The minimum absolute atomic E-state index is 0.249. The molecule has 4 rings (SSSR count). The van der Waals surface area contributed by atoms with Gasteiger partial charge in [0.25, 0.3) is 5.91 Å². The summed E-state index contributed by atoms with van der Waals surface area (Å²) in [5, 5.41) is 3.33. The Morgan fingerprint density at radius 1 is 1.03 bits per heavy atom. The van der Waals surface area contributed by atoms with E-state index in [1.54, 1.807) is 13.2 Å². The zero-order valence-corrected chi connectivity index (χ0v) is 21.1. The van der Waals surface area contributed by atoms with Crippen molar-refractivity contribution in [1.29, 1.82) is 0 Å². The van der Waals surface area contributed by atoms with Crippen molar-refractivity contribution in [3.8, 4) is 17.2 Å². The third-order valence-electron chi connectivity index (χ3n) is 5.11. The lowest BCUT2D eigenvalue weighted by Crippen LogP contribution is -2.30. The molecule has 1 aliphatic heterocycles. The molecule has 0 aromatic heterocycles. The molecule has 1 fully saturated rings. The number of ether oxygens (including phenoxy) is 3. The first-order valence-corrected chi connectivity index (χ1v) is 11.8. The van der Waals surface area contributed by atoms with Crippen LogP contribution in [0.15, 0.2) is 76.9 Å². The highest BCUT2D eigenvalue weighted by Crippen LogP contribution is 2.32. The third kappa shape index (κ3) is 5.24. The summed E-state index contributed by atoms with van der Waals surface area (Å²) < 4.78 is 18.1. The SMILES string of the molecule is CCOc1ccccc1N1C(=O)/C(=C\c2ccc(OC)c(COc3ccc(Br)cc3)c2)NC1=S. The second-order valence-electron chi connectivity index (χ2n) is 7.34. The highest BCUT2D eigenvalue weighted by Gasteiger charge is 2.33. The van der Waals surface area contributed by atoms with E-state index in [0.717, 1.165) is 21.3 Å². The summed E-state index contributed by atoms with van der Waals surface area (Å²) in [4.78, 5) is 14.7. The Balaban J connectivity index is 1.58. The van der Waals surface area contributed by atoms with Gasteiger partial charge in [0, 0.05) is 10.0 Å². The number of rotatable bonds is 8. The summed E-state index contributed by atoms with van der Waals surface area (Å²) in [5.41, 5.74) is 2.65. The Bertz CT molecular complexity index is 1240. The number of nitrogens with one attached hydrogen (secondary N) is 1. The summed E-state index contributed by atoms with van der Waals surface area (Å²) in [6.07, 6.45) is 1.76. The van der Waals surface area contributed by atoms with Gasteiger partial charge in [0.05, 0.1) is 19.4 Å². The molecule has 1 aliphatic rings. The van der Waals surface area contributed by atoms with Crippen LogP contribution in [0.1, 0.15) is 18.1 Å². The van der Waals surface area contributed by atoms with Gasteiger partial charge in [-0.15, -0.1) is 0 Å². The monoisotopic (exact) mass is 538 g/mol. The first kappa shape index (κ1) is 23.8. The van der Waals surface area contributed by atoms with Crippen molar-refractivity contribution < 1.29 is 19.0 Å². The number of carbonyl (C=O) groups is 1. The van der Waals surface area contributed by atoms with Crippen LogP contribution in [-0.2, 0) is 11.4 Å². The fourth-order valence-electron chi connectivity index (χ4n) is 3.53. The normalized spacial score (nSPS) is 14.3. The van der Waals surface area contributed by atoms with Gasteiger partial charge in [-0.3, -0.25) is 4.79 Å². The maximum absolute atomic E-state index is 13.2. The Hall–Kier alpha value is -3.36. The van der Waals surface area contributed by atoms with E-state index in [-0.39, 0.29) is 5.91 Å². The molecule has 174 valence electrons. The molecule has 0 atom stereocenters. The molecule has 0 saturated carbocycles. The number of hydrogen-bond acceptors (Lipinski definition) is 5. The van der Waals surface area contributed by atoms with Crippen LogP contribution in [0.5, 0.6) is 17.2 Å². The fraction of sp³-hybridized carbons (Fsp3) is 0.154. The van der Waals surface area contributed by atoms with Crippen LogP contribution in [0.25, 0.3) is 6.08 Å². The first-order chi connectivity index (χ1) is 16.5. The van der Waals surface area contributed by atoms with Crippen molar-refractivity contribution in [1.82, 2.24) is 5.32 Å². The minimum Gasteiger partial charge on any atom is -0.496 e. The van der Waals surface area contributed by atoms with E-state index in [1.807, 2.05) is 73.7 Å². The number of methoxy groups -OCH3 is 1. The average molecular weight is 539 g/mol. The highest BCUT2D eigenvalue weighted by molar-refractivity contribution is 9.10. The van der Waals surface area contributed by atoms with Crippen LogP contribution in [-0.4, -0.2) is 24.7 Å². The van der Waals surface area contributed by atoms with Gasteiger partial charge in [0.15, 0.2) is 5.11 Å². The van der Waals surface area contributed by atoms with Gasteiger partial charge in [-0.2, -0.15) is 0 Å². The number of benzene rings is 3. The van der Waals surface area contributed by atoms with Crippen molar-refractivity contribution >= 4 is 50.9 Å². The Kier molecular flexibility index (Phi) is 7.49. The van der Waals surface area contributed by atoms with Crippen LogP contribution in [0.4, 0.5) is 5.69 Å². The minimum atomic E-state index is -0.249. The molecular weight excluding hydrogens is 516 g/mol. The van der Waals surface area contributed by atoms with Crippen molar-refractivity contribution in [3.05, 3.63) is 88.0 Å². The standard InChI is InChI=1S/C26H23BrN2O4S/c1-3-32-24-7-5-4-6-22(24)29-25(30)21(28-26(29)34)15-17-8-13-23(31-2)18(14-17)16-33-20-11-9-19(27)10-12-20/h4-15H,3,16H2,1-2H3,(H,28,34)/b21-15+. The molecule has 0 aliphatic carbocycles. The molecule has 0 bridgehead atoms. The van der Waals surface area contributed by atoms with E-state index in [1.165, 1.54) is 4.90 Å². The Morgan fingerprint density at radius 3 is 2.53 bits per heavy atom. The molecule has 0 spiro atoms. The smallest absolute Gasteiger partial charge is 0.281 e. The second kappa shape index (κ2) is 10.7. The van der Waals surface area contributed by atoms with Crippen molar-refractivity contribution in [3.63, 3.8) is 0 Å². The predicted molar refractivity (Wildman–Crippen MR) is 140 cm³/mol. The molecule has 1 N–H and O–H groups in total. The number of amides is 1. The summed E-state index contributed by atoms with van der Waals surface area (Å²) in [7, 11) is 1.62. The number of halogens is 1. The molecule has 3 aromatic rings. The van der Waals surface area contributed by atoms with Crippen molar-refractivity contribution in [2.45, 2.75) is 13.5 Å². The summed E-state index contributed by atoms with van der Waals surface area (Å²) in [6.45, 7) is 2.69. The number of carbonyl (C=O) groups excluding carboxylic acids is 1. The quantitative estimate of drug-likeness (QED) is 0.293. The number of nitrogens with zero attached hydrogens (tertiary/aromatic N) is 1. The van der Waals surface area contributed by atoms with Gasteiger partial charge in [0.1, 0.15) is 29.6 Å². The molecule has 0 radical (unpaired) electrons. The molecule has 8 heteroatoms. The van der Waals surface area contributed by atoms with Crippen molar-refractivity contribution in [2.24, 2.45) is 0 Å². The van der Waals surface area contributed by atoms with Crippen LogP contribution in [0, 0.1) is 0 Å². The topological polar surface area (TPSA) is 60.0 Å². The average Bonchev–Trinajstić information content (AvgIpc) is 3.12. The molecule has 1 amide bonds. The summed E-state index contributed by atoms with van der Waals surface area (Å²) in [5.74, 6) is 1.80. The van der Waals surface area contributed by atoms with Gasteiger partial charge in [-0.05, 0) is 79.3 Å². The molecule has 0 unspecified atom stereocenters. The Morgan fingerprint density at radius 2 is 1.79 bits per heavy atom. The molecular formula is C26H23BrN2O4S. The van der Waals surface area contributed by atoms with Gasteiger partial charge < -0.3 is 19.5 Å². The van der Waals surface area contributed by atoms with Crippen LogP contribution < -0.4 is 24.4 Å². The van der Waals surface area contributed by atoms with Crippen LogP contribution in [0.3, 0.4) is 0 Å². The van der Waals surface area contributed by atoms with Gasteiger partial charge in [-0.25, -0.2) is 4.90 Å². The number of thiocarbonyl (C=S) groups is 1. The number of anilines is 1. The molecule has 6 nitrogen and oxygen atoms in total. The lowest BCUT2D eigenvalue weighted by atomic mass is 10.1. The number of para-hydroxylation sites is 2. The van der Waals surface area contributed by atoms with E-state index in [0.29, 0.717) is 41.2 Å². The zero-order chi connectivity index (χ0) is 24.1. The summed E-state index contributed by atoms with van der Waals surface area (Å²) >= 11 is 8.88. The van der Waals surface area contributed by atoms with E-state index >= 15 is 0 Å². The maximum Gasteiger partial charge on any atom is 0.281 e. The van der Waals surface area contributed by atoms with E-state index in [4.69, 9.17) is 26.4 Å². The lowest BCUT2D eigenvalue weighted by molar-refractivity contribution is -0.113. The molecule has 1 saturated heterocycles. The molecule has 1 heterocycles. The van der Waals surface area contributed by atoms with E-state index in [2.05, 4.69) is 21.2 Å². The third-order valence-corrected chi connectivity index (χ3v) is 5.92. The van der Waals surface area contributed by atoms with E-state index < -0.39 is 0 Å². The first-order valence-electron chi connectivity index (χ1n) is 10.6. The molecule has 34 heavy (non-hydrogen) atoms. The van der Waals surface area contributed by atoms with Gasteiger partial charge in [0.2, 0.25) is 0 Å². The largest absolute Gasteiger partial charge is 0.496 e. The highest BCUT2D eigenvalue weighted by atomic mass is 79.9. The second-order valence-corrected chi connectivity index (χ2v) is 8.65. The van der Waals surface area contributed by atoms with Gasteiger partial charge in [-0.1, -0.05) is 34.1 Å². The molecule has 3 aromatic carbocycles. The van der Waals surface area contributed by atoms with Crippen molar-refractivity contribution in [2.75, 3.05) is 18.6 Å². The summed E-state index contributed by atoms with van der Waals surface area (Å²) in [6, 6.07) is 20.6. The Labute approximate surface area is 212 Å². The maximum atomic E-state index is 13.2. The van der Waals surface area contributed by atoms with Crippen LogP contribution >= 0.6 is 28.1 Å². The number of hydrogen-bond donors (Lipinski definition) is 1.